The van der Waals surface area contributed by atoms with Crippen LogP contribution >= 0.6 is 0 Å². The SMILES string of the molecule is COc1cc2c(cc1OC)CN(c1ccc(C(=O)NC3CCCC3)nn1)CC2. The number of hydrogen-bond donors (Lipinski definition) is 1. The van der Waals surface area contributed by atoms with Crippen LogP contribution in [0.15, 0.2) is 24.3 Å². The van der Waals surface area contributed by atoms with E-state index in [1.807, 2.05) is 18.2 Å². The Labute approximate surface area is 165 Å². The molecule has 0 saturated heterocycles. The monoisotopic (exact) mass is 382 g/mol. The number of aromatic nitrogens is 2. The van der Waals surface area contributed by atoms with E-state index in [0.29, 0.717) is 5.69 Å². The summed E-state index contributed by atoms with van der Waals surface area (Å²) in [4.78, 5) is 14.5. The van der Waals surface area contributed by atoms with Gasteiger partial charge in [-0.05, 0) is 54.7 Å². The molecule has 1 N–H and O–H groups in total. The number of benzene rings is 1. The molecule has 2 aliphatic rings. The van der Waals surface area contributed by atoms with Crippen LogP contribution in [0.1, 0.15) is 47.3 Å². The van der Waals surface area contributed by atoms with E-state index in [9.17, 15) is 4.79 Å². The van der Waals surface area contributed by atoms with Crippen molar-refractivity contribution in [3.05, 3.63) is 41.1 Å². The summed E-state index contributed by atoms with van der Waals surface area (Å²) in [5.41, 5.74) is 2.82. The van der Waals surface area contributed by atoms with Gasteiger partial charge in [-0.15, -0.1) is 10.2 Å². The molecule has 0 radical (unpaired) electrons. The molecule has 1 aromatic heterocycles. The molecule has 0 atom stereocenters. The summed E-state index contributed by atoms with van der Waals surface area (Å²) in [5.74, 6) is 2.13. The minimum atomic E-state index is -0.133. The van der Waals surface area contributed by atoms with E-state index >= 15 is 0 Å². The predicted octanol–water partition coefficient (Wildman–Crippen LogP) is 2.73. The summed E-state index contributed by atoms with van der Waals surface area (Å²) in [6.07, 6.45) is 5.37. The van der Waals surface area contributed by atoms with Gasteiger partial charge in [0.1, 0.15) is 0 Å². The second kappa shape index (κ2) is 8.04. The molecular weight excluding hydrogens is 356 g/mol. The van der Waals surface area contributed by atoms with Crippen LogP contribution in [0.25, 0.3) is 0 Å². The molecule has 0 bridgehead atoms. The van der Waals surface area contributed by atoms with Crippen molar-refractivity contribution >= 4 is 11.7 Å². The molecule has 1 aromatic carbocycles. The van der Waals surface area contributed by atoms with Crippen molar-refractivity contribution in [1.82, 2.24) is 15.5 Å². The van der Waals surface area contributed by atoms with Gasteiger partial charge in [-0.3, -0.25) is 4.79 Å². The number of nitrogens with zero attached hydrogens (tertiary/aromatic N) is 3. The molecule has 7 nitrogen and oxygen atoms in total. The first-order chi connectivity index (χ1) is 13.7. The average molecular weight is 382 g/mol. The van der Waals surface area contributed by atoms with Gasteiger partial charge in [0.25, 0.3) is 5.91 Å². The molecule has 1 saturated carbocycles. The van der Waals surface area contributed by atoms with Crippen molar-refractivity contribution in [3.8, 4) is 11.5 Å². The molecule has 0 spiro atoms. The predicted molar refractivity (Wildman–Crippen MR) is 106 cm³/mol. The van der Waals surface area contributed by atoms with E-state index in [2.05, 4.69) is 20.4 Å². The first kappa shape index (κ1) is 18.5. The summed E-state index contributed by atoms with van der Waals surface area (Å²) >= 11 is 0. The fourth-order valence-electron chi connectivity index (χ4n) is 4.02. The fourth-order valence-corrected chi connectivity index (χ4v) is 4.02. The summed E-state index contributed by atoms with van der Waals surface area (Å²) in [6.45, 7) is 1.56. The van der Waals surface area contributed by atoms with Crippen molar-refractivity contribution in [2.24, 2.45) is 0 Å². The molecule has 1 aliphatic heterocycles. The maximum Gasteiger partial charge on any atom is 0.272 e. The largest absolute Gasteiger partial charge is 0.493 e. The van der Waals surface area contributed by atoms with Gasteiger partial charge < -0.3 is 19.7 Å². The van der Waals surface area contributed by atoms with E-state index in [0.717, 1.165) is 49.7 Å². The van der Waals surface area contributed by atoms with Gasteiger partial charge in [0.05, 0.1) is 14.2 Å². The highest BCUT2D eigenvalue weighted by molar-refractivity contribution is 5.92. The van der Waals surface area contributed by atoms with Crippen LogP contribution in [0.4, 0.5) is 5.82 Å². The van der Waals surface area contributed by atoms with Crippen molar-refractivity contribution < 1.29 is 14.3 Å². The Morgan fingerprint density at radius 1 is 1.07 bits per heavy atom. The van der Waals surface area contributed by atoms with E-state index in [1.54, 1.807) is 20.3 Å². The standard InChI is InChI=1S/C21H26N4O3/c1-27-18-11-14-9-10-25(13-15(14)12-19(18)28-2)20-8-7-17(23-24-20)21(26)22-16-5-3-4-6-16/h7-8,11-12,16H,3-6,9-10,13H2,1-2H3,(H,22,26). The van der Waals surface area contributed by atoms with Crippen molar-refractivity contribution in [2.45, 2.75) is 44.7 Å². The molecule has 148 valence electrons. The van der Waals surface area contributed by atoms with Crippen LogP contribution in [-0.4, -0.2) is 42.9 Å². The van der Waals surface area contributed by atoms with Gasteiger partial charge in [0.2, 0.25) is 0 Å². The number of carbonyl (C=O) groups excluding carboxylic acids is 1. The van der Waals surface area contributed by atoms with Crippen molar-refractivity contribution in [1.29, 1.82) is 0 Å². The molecular formula is C21H26N4O3. The van der Waals surface area contributed by atoms with Crippen LogP contribution in [0.3, 0.4) is 0 Å². The van der Waals surface area contributed by atoms with Crippen molar-refractivity contribution in [2.75, 3.05) is 25.7 Å². The number of nitrogens with one attached hydrogen (secondary N) is 1. The Kier molecular flexibility index (Phi) is 5.32. The Balaban J connectivity index is 1.46. The molecule has 1 amide bonds. The lowest BCUT2D eigenvalue weighted by Gasteiger charge is -2.30. The summed E-state index contributed by atoms with van der Waals surface area (Å²) in [6, 6.07) is 7.99. The number of methoxy groups -OCH3 is 2. The number of amides is 1. The van der Waals surface area contributed by atoms with Gasteiger partial charge in [-0.25, -0.2) is 0 Å². The first-order valence-electron chi connectivity index (χ1n) is 9.81. The maximum absolute atomic E-state index is 12.3. The highest BCUT2D eigenvalue weighted by Crippen LogP contribution is 2.34. The molecule has 0 unspecified atom stereocenters. The number of anilines is 1. The lowest BCUT2D eigenvalue weighted by atomic mass is 9.99. The zero-order valence-electron chi connectivity index (χ0n) is 16.4. The van der Waals surface area contributed by atoms with Gasteiger partial charge in [-0.2, -0.15) is 0 Å². The second-order valence-electron chi connectivity index (χ2n) is 7.38. The Morgan fingerprint density at radius 3 is 2.43 bits per heavy atom. The minimum absolute atomic E-state index is 0.133. The maximum atomic E-state index is 12.3. The van der Waals surface area contributed by atoms with E-state index < -0.39 is 0 Å². The first-order valence-corrected chi connectivity index (χ1v) is 9.81. The lowest BCUT2D eigenvalue weighted by molar-refractivity contribution is 0.0932. The third-order valence-electron chi connectivity index (χ3n) is 5.62. The lowest BCUT2D eigenvalue weighted by Crippen LogP contribution is -2.34. The number of rotatable bonds is 5. The number of hydrogen-bond acceptors (Lipinski definition) is 6. The summed E-state index contributed by atoms with van der Waals surface area (Å²) in [7, 11) is 3.30. The smallest absolute Gasteiger partial charge is 0.272 e. The molecule has 2 heterocycles. The van der Waals surface area contributed by atoms with Gasteiger partial charge in [0, 0.05) is 19.1 Å². The Bertz CT molecular complexity index is 847. The number of fused-ring (bicyclic) bond motifs is 1. The van der Waals surface area contributed by atoms with E-state index in [4.69, 9.17) is 9.47 Å². The van der Waals surface area contributed by atoms with Gasteiger partial charge >= 0.3 is 0 Å². The van der Waals surface area contributed by atoms with E-state index in [-0.39, 0.29) is 11.9 Å². The van der Waals surface area contributed by atoms with Gasteiger partial charge in [0.15, 0.2) is 23.0 Å². The zero-order chi connectivity index (χ0) is 19.5. The number of ether oxygens (including phenoxy) is 2. The third-order valence-corrected chi connectivity index (χ3v) is 5.62. The van der Waals surface area contributed by atoms with E-state index in [1.165, 1.54) is 24.0 Å². The molecule has 4 rings (SSSR count). The third kappa shape index (κ3) is 3.74. The molecule has 1 aliphatic carbocycles. The quantitative estimate of drug-likeness (QED) is 0.857. The van der Waals surface area contributed by atoms with Crippen LogP contribution in [0, 0.1) is 0 Å². The topological polar surface area (TPSA) is 76.6 Å². The Morgan fingerprint density at radius 2 is 1.79 bits per heavy atom. The van der Waals surface area contributed by atoms with Crippen molar-refractivity contribution in [3.63, 3.8) is 0 Å². The fraction of sp³-hybridized carbons (Fsp3) is 0.476. The molecule has 7 heteroatoms. The zero-order valence-corrected chi connectivity index (χ0v) is 16.4. The summed E-state index contributed by atoms with van der Waals surface area (Å²) < 4.78 is 10.8. The highest BCUT2D eigenvalue weighted by Gasteiger charge is 2.22. The molecule has 1 fully saturated rings. The normalized spacial score (nSPS) is 16.6. The number of carbonyl (C=O) groups is 1. The van der Waals surface area contributed by atoms with Crippen LogP contribution in [0.5, 0.6) is 11.5 Å². The molecule has 28 heavy (non-hydrogen) atoms. The van der Waals surface area contributed by atoms with Gasteiger partial charge in [-0.1, -0.05) is 12.8 Å². The van der Waals surface area contributed by atoms with Crippen LogP contribution in [-0.2, 0) is 13.0 Å². The molecule has 2 aromatic rings. The highest BCUT2D eigenvalue weighted by atomic mass is 16.5. The Hall–Kier alpha value is -2.83. The minimum Gasteiger partial charge on any atom is -0.493 e. The average Bonchev–Trinajstić information content (AvgIpc) is 3.25. The van der Waals surface area contributed by atoms with Crippen LogP contribution in [0.2, 0.25) is 0 Å². The van der Waals surface area contributed by atoms with Crippen LogP contribution < -0.4 is 19.7 Å². The summed E-state index contributed by atoms with van der Waals surface area (Å²) in [5, 5.41) is 11.5. The second-order valence-corrected chi connectivity index (χ2v) is 7.38.